The van der Waals surface area contributed by atoms with Gasteiger partial charge in [-0.15, -0.1) is 0 Å². The third-order valence-electron chi connectivity index (χ3n) is 4.39. The summed E-state index contributed by atoms with van der Waals surface area (Å²) in [6.07, 6.45) is 0.749. The van der Waals surface area contributed by atoms with Gasteiger partial charge in [0.15, 0.2) is 0 Å². The summed E-state index contributed by atoms with van der Waals surface area (Å²) in [6.45, 7) is 0.293. The fourth-order valence-electron chi connectivity index (χ4n) is 2.91. The van der Waals surface area contributed by atoms with Crippen molar-refractivity contribution in [2.24, 2.45) is 5.92 Å². The first-order valence-corrected chi connectivity index (χ1v) is 7.93. The number of carboxylic acids is 1. The van der Waals surface area contributed by atoms with Crippen LogP contribution in [0.15, 0.2) is 42.5 Å². The molecule has 1 aliphatic rings. The quantitative estimate of drug-likeness (QED) is 0.845. The predicted octanol–water partition coefficient (Wildman–Crippen LogP) is 2.95. The van der Waals surface area contributed by atoms with Crippen LogP contribution in [0.2, 0.25) is 0 Å². The predicted molar refractivity (Wildman–Crippen MR) is 89.0 cm³/mol. The van der Waals surface area contributed by atoms with Crippen LogP contribution in [0.1, 0.15) is 33.8 Å². The third-order valence-corrected chi connectivity index (χ3v) is 4.39. The normalized spacial score (nSPS) is 18.5. The van der Waals surface area contributed by atoms with Crippen LogP contribution in [0.25, 0.3) is 0 Å². The monoisotopic (exact) mass is 343 g/mol. The molecule has 2 N–H and O–H groups in total. The Kier molecular flexibility index (Phi) is 4.70. The Morgan fingerprint density at radius 3 is 2.60 bits per heavy atom. The standard InChI is InChI=1S/C19H18FNO4/c1-25-17-8-11(2-7-14(17)19(23)24)10-21-18(22)16-9-15(16)12-3-5-13(20)6-4-12/h2-8,15-16H,9-10H2,1H3,(H,21,22)(H,23,24)/t15-,16+/m0/s1. The van der Waals surface area contributed by atoms with E-state index in [1.165, 1.54) is 25.3 Å². The Bertz CT molecular complexity index is 804. The van der Waals surface area contributed by atoms with E-state index in [0.717, 1.165) is 17.5 Å². The van der Waals surface area contributed by atoms with Gasteiger partial charge in [-0.2, -0.15) is 0 Å². The highest BCUT2D eigenvalue weighted by atomic mass is 19.1. The number of amides is 1. The molecule has 0 bridgehead atoms. The number of carboxylic acid groups (broad SMARTS) is 1. The fraction of sp³-hybridized carbons (Fsp3) is 0.263. The number of hydrogen-bond donors (Lipinski definition) is 2. The van der Waals surface area contributed by atoms with Gasteiger partial charge in [0.25, 0.3) is 0 Å². The van der Waals surface area contributed by atoms with E-state index in [4.69, 9.17) is 9.84 Å². The Morgan fingerprint density at radius 1 is 1.24 bits per heavy atom. The van der Waals surface area contributed by atoms with Crippen LogP contribution in [0.5, 0.6) is 5.75 Å². The van der Waals surface area contributed by atoms with Crippen LogP contribution in [-0.4, -0.2) is 24.1 Å². The molecule has 0 heterocycles. The molecule has 1 amide bonds. The lowest BCUT2D eigenvalue weighted by molar-refractivity contribution is -0.122. The maximum absolute atomic E-state index is 12.9. The van der Waals surface area contributed by atoms with Gasteiger partial charge in [-0.05, 0) is 47.7 Å². The van der Waals surface area contributed by atoms with Crippen LogP contribution in [0.4, 0.5) is 4.39 Å². The second-order valence-corrected chi connectivity index (χ2v) is 6.06. The lowest BCUT2D eigenvalue weighted by atomic mass is 10.1. The van der Waals surface area contributed by atoms with E-state index < -0.39 is 5.97 Å². The third kappa shape index (κ3) is 3.79. The fourth-order valence-corrected chi connectivity index (χ4v) is 2.91. The highest BCUT2D eigenvalue weighted by Gasteiger charge is 2.43. The molecule has 0 unspecified atom stereocenters. The van der Waals surface area contributed by atoms with E-state index in [1.54, 1.807) is 24.3 Å². The maximum Gasteiger partial charge on any atom is 0.339 e. The van der Waals surface area contributed by atoms with Gasteiger partial charge in [0, 0.05) is 12.5 Å². The summed E-state index contributed by atoms with van der Waals surface area (Å²) in [5, 5.41) is 11.9. The molecule has 130 valence electrons. The number of ether oxygens (including phenoxy) is 1. The molecule has 0 radical (unpaired) electrons. The molecule has 0 aromatic heterocycles. The minimum Gasteiger partial charge on any atom is -0.496 e. The van der Waals surface area contributed by atoms with Crippen LogP contribution in [0.3, 0.4) is 0 Å². The number of nitrogens with one attached hydrogen (secondary N) is 1. The molecule has 2 aromatic rings. The molecule has 25 heavy (non-hydrogen) atoms. The van der Waals surface area contributed by atoms with Crippen LogP contribution in [-0.2, 0) is 11.3 Å². The minimum absolute atomic E-state index is 0.0596. The number of aromatic carboxylic acids is 1. The molecule has 0 saturated heterocycles. The van der Waals surface area contributed by atoms with Crippen molar-refractivity contribution in [2.75, 3.05) is 7.11 Å². The highest BCUT2D eigenvalue weighted by molar-refractivity contribution is 5.91. The summed E-state index contributed by atoms with van der Waals surface area (Å²) >= 11 is 0. The van der Waals surface area contributed by atoms with Crippen molar-refractivity contribution >= 4 is 11.9 Å². The molecule has 1 aliphatic carbocycles. The highest BCUT2D eigenvalue weighted by Crippen LogP contribution is 2.47. The van der Waals surface area contributed by atoms with Gasteiger partial charge >= 0.3 is 5.97 Å². The second-order valence-electron chi connectivity index (χ2n) is 6.06. The Morgan fingerprint density at radius 2 is 1.96 bits per heavy atom. The number of halogens is 1. The first-order chi connectivity index (χ1) is 12.0. The topological polar surface area (TPSA) is 75.6 Å². The molecular weight excluding hydrogens is 325 g/mol. The molecule has 2 aromatic carbocycles. The summed E-state index contributed by atoms with van der Waals surface area (Å²) < 4.78 is 18.0. The van der Waals surface area contributed by atoms with Gasteiger partial charge in [-0.25, -0.2) is 9.18 Å². The van der Waals surface area contributed by atoms with E-state index in [2.05, 4.69) is 5.32 Å². The number of benzene rings is 2. The van der Waals surface area contributed by atoms with E-state index in [-0.39, 0.29) is 34.9 Å². The largest absolute Gasteiger partial charge is 0.496 e. The van der Waals surface area contributed by atoms with Gasteiger partial charge in [0.05, 0.1) is 7.11 Å². The lowest BCUT2D eigenvalue weighted by Crippen LogP contribution is -2.25. The average Bonchev–Trinajstić information content (AvgIpc) is 3.40. The maximum atomic E-state index is 12.9. The van der Waals surface area contributed by atoms with Crippen molar-refractivity contribution in [3.8, 4) is 5.75 Å². The zero-order valence-electron chi connectivity index (χ0n) is 13.7. The molecule has 1 fully saturated rings. The summed E-state index contributed by atoms with van der Waals surface area (Å²) in [5.41, 5.74) is 1.80. The summed E-state index contributed by atoms with van der Waals surface area (Å²) in [6, 6.07) is 10.9. The van der Waals surface area contributed by atoms with Crippen molar-refractivity contribution in [1.82, 2.24) is 5.32 Å². The van der Waals surface area contributed by atoms with Crippen LogP contribution >= 0.6 is 0 Å². The molecular formula is C19H18FNO4. The van der Waals surface area contributed by atoms with Gasteiger partial charge in [-0.1, -0.05) is 18.2 Å². The first-order valence-electron chi connectivity index (χ1n) is 7.93. The number of carbonyl (C=O) groups is 2. The van der Waals surface area contributed by atoms with Crippen molar-refractivity contribution in [1.29, 1.82) is 0 Å². The number of hydrogen-bond acceptors (Lipinski definition) is 3. The number of rotatable bonds is 6. The van der Waals surface area contributed by atoms with E-state index >= 15 is 0 Å². The summed E-state index contributed by atoms with van der Waals surface area (Å²) in [4.78, 5) is 23.3. The van der Waals surface area contributed by atoms with E-state index in [1.807, 2.05) is 0 Å². The molecule has 0 spiro atoms. The summed E-state index contributed by atoms with van der Waals surface area (Å²) in [7, 11) is 1.40. The van der Waals surface area contributed by atoms with Gasteiger partial charge in [0.1, 0.15) is 17.1 Å². The molecule has 1 saturated carbocycles. The van der Waals surface area contributed by atoms with E-state index in [0.29, 0.717) is 6.54 Å². The van der Waals surface area contributed by atoms with E-state index in [9.17, 15) is 14.0 Å². The van der Waals surface area contributed by atoms with Crippen molar-refractivity contribution < 1.29 is 23.8 Å². The van der Waals surface area contributed by atoms with Crippen molar-refractivity contribution in [3.63, 3.8) is 0 Å². The molecule has 5 nitrogen and oxygen atoms in total. The van der Waals surface area contributed by atoms with Gasteiger partial charge in [-0.3, -0.25) is 4.79 Å². The minimum atomic E-state index is -1.06. The zero-order chi connectivity index (χ0) is 18.0. The molecule has 6 heteroatoms. The Balaban J connectivity index is 1.58. The summed E-state index contributed by atoms with van der Waals surface area (Å²) in [5.74, 6) is -1.13. The Hall–Kier alpha value is -2.89. The zero-order valence-corrected chi connectivity index (χ0v) is 13.7. The second kappa shape index (κ2) is 6.93. The average molecular weight is 343 g/mol. The van der Waals surface area contributed by atoms with Gasteiger partial charge in [0.2, 0.25) is 5.91 Å². The SMILES string of the molecule is COc1cc(CNC(=O)[C@@H]2C[C@H]2c2ccc(F)cc2)ccc1C(=O)O. The van der Waals surface area contributed by atoms with Crippen molar-refractivity contribution in [3.05, 3.63) is 65.0 Å². The number of carbonyl (C=O) groups excluding carboxylic acids is 1. The molecule has 2 atom stereocenters. The van der Waals surface area contributed by atoms with Gasteiger partial charge < -0.3 is 15.2 Å². The van der Waals surface area contributed by atoms with Crippen LogP contribution < -0.4 is 10.1 Å². The van der Waals surface area contributed by atoms with Crippen LogP contribution in [0, 0.1) is 11.7 Å². The molecule has 3 rings (SSSR count). The Labute approximate surface area is 144 Å². The lowest BCUT2D eigenvalue weighted by Gasteiger charge is -2.09. The van der Waals surface area contributed by atoms with Crippen molar-refractivity contribution in [2.45, 2.75) is 18.9 Å². The smallest absolute Gasteiger partial charge is 0.339 e. The first kappa shape index (κ1) is 17.0. The number of methoxy groups -OCH3 is 1. The molecule has 0 aliphatic heterocycles.